The maximum Gasteiger partial charge on any atom is 0.0692 e. The second kappa shape index (κ2) is 14.0. The van der Waals surface area contributed by atoms with E-state index < -0.39 is 0 Å². The molecule has 0 aromatic rings. The molecule has 0 heterocycles. The topological polar surface area (TPSA) is 33.0 Å². The summed E-state index contributed by atoms with van der Waals surface area (Å²) in [6.07, 6.45) is 27.3. The van der Waals surface area contributed by atoms with Crippen LogP contribution in [0.1, 0.15) is 142 Å². The van der Waals surface area contributed by atoms with Gasteiger partial charge in [-0.25, -0.2) is 0 Å². The Morgan fingerprint density at radius 3 is 1.97 bits per heavy atom. The number of rotatable bonds is 12. The van der Waals surface area contributed by atoms with Crippen molar-refractivity contribution >= 4 is 0 Å². The molecule has 3 aliphatic rings. The molecule has 0 bridgehead atoms. The van der Waals surface area contributed by atoms with E-state index in [4.69, 9.17) is 4.74 Å². The van der Waals surface area contributed by atoms with E-state index in [0.29, 0.717) is 12.0 Å². The van der Waals surface area contributed by atoms with Gasteiger partial charge in [0.05, 0.1) is 17.6 Å². The van der Waals surface area contributed by atoms with Gasteiger partial charge in [-0.3, -0.25) is 0 Å². The molecule has 3 aliphatic carbocycles. The van der Waals surface area contributed by atoms with Crippen molar-refractivity contribution in [1.29, 1.82) is 5.26 Å². The summed E-state index contributed by atoms with van der Waals surface area (Å²) in [6, 6.07) is 2.88. The lowest BCUT2D eigenvalue weighted by Gasteiger charge is -2.45. The van der Waals surface area contributed by atoms with Gasteiger partial charge in [-0.1, -0.05) is 71.6 Å². The zero-order valence-electron chi connectivity index (χ0n) is 21.6. The molecule has 3 fully saturated rings. The Kier molecular flexibility index (Phi) is 11.4. The summed E-state index contributed by atoms with van der Waals surface area (Å²) >= 11 is 0. The summed E-state index contributed by atoms with van der Waals surface area (Å²) < 4.78 is 6.09. The summed E-state index contributed by atoms with van der Waals surface area (Å²) in [5.74, 6) is 3.52. The van der Waals surface area contributed by atoms with Crippen molar-refractivity contribution in [3.8, 4) is 6.07 Å². The molecule has 0 N–H and O–H groups in total. The van der Waals surface area contributed by atoms with Crippen molar-refractivity contribution < 1.29 is 4.74 Å². The van der Waals surface area contributed by atoms with E-state index in [1.165, 1.54) is 128 Å². The average molecular weight is 444 g/mol. The first-order valence-electron chi connectivity index (χ1n) is 14.7. The van der Waals surface area contributed by atoms with Gasteiger partial charge in [0, 0.05) is 6.61 Å². The molecule has 0 aromatic heterocycles. The zero-order chi connectivity index (χ0) is 22.7. The standard InChI is InChI=1S/C30H53NO/c1-3-5-7-8-9-10-25-11-13-26(14-12-25)27-19-21-30(24-31,22-20-27)28-15-17-29(18-16-28)32-23-6-4-2/h25-29H,3-23H2,1-2H3. The Balaban J connectivity index is 1.35. The van der Waals surface area contributed by atoms with Crippen molar-refractivity contribution in [3.63, 3.8) is 0 Å². The fraction of sp³-hybridized carbons (Fsp3) is 0.967. The van der Waals surface area contributed by atoms with Crippen LogP contribution in [0.2, 0.25) is 0 Å². The van der Waals surface area contributed by atoms with Crippen LogP contribution in [0.3, 0.4) is 0 Å². The van der Waals surface area contributed by atoms with E-state index in [9.17, 15) is 5.26 Å². The minimum absolute atomic E-state index is 0.0133. The number of nitriles is 1. The Labute approximate surface area is 200 Å². The van der Waals surface area contributed by atoms with Crippen LogP contribution in [0.5, 0.6) is 0 Å². The molecule has 0 saturated heterocycles. The molecular weight excluding hydrogens is 390 g/mol. The van der Waals surface area contributed by atoms with E-state index in [2.05, 4.69) is 19.9 Å². The third kappa shape index (κ3) is 7.48. The lowest BCUT2D eigenvalue weighted by molar-refractivity contribution is -0.00808. The van der Waals surface area contributed by atoms with Gasteiger partial charge in [0.15, 0.2) is 0 Å². The van der Waals surface area contributed by atoms with Gasteiger partial charge in [-0.15, -0.1) is 0 Å². The Hall–Kier alpha value is -0.550. The molecule has 0 aromatic carbocycles. The highest BCUT2D eigenvalue weighted by Gasteiger charge is 2.44. The predicted molar refractivity (Wildman–Crippen MR) is 135 cm³/mol. The third-order valence-electron chi connectivity index (χ3n) is 9.73. The molecule has 0 radical (unpaired) electrons. The Morgan fingerprint density at radius 1 is 0.719 bits per heavy atom. The second-order valence-electron chi connectivity index (χ2n) is 11.8. The summed E-state index contributed by atoms with van der Waals surface area (Å²) in [6.45, 7) is 5.47. The van der Waals surface area contributed by atoms with E-state index in [-0.39, 0.29) is 5.41 Å². The number of unbranched alkanes of at least 4 members (excludes halogenated alkanes) is 5. The average Bonchev–Trinajstić information content (AvgIpc) is 2.85. The molecule has 0 spiro atoms. The van der Waals surface area contributed by atoms with Crippen LogP contribution in [-0.2, 0) is 4.74 Å². The van der Waals surface area contributed by atoms with E-state index >= 15 is 0 Å². The molecule has 3 rings (SSSR count). The largest absolute Gasteiger partial charge is 0.378 e. The van der Waals surface area contributed by atoms with Crippen LogP contribution in [0.15, 0.2) is 0 Å². The first-order chi connectivity index (χ1) is 15.7. The first kappa shape index (κ1) is 26.1. The predicted octanol–water partition coefficient (Wildman–Crippen LogP) is 9.23. The second-order valence-corrected chi connectivity index (χ2v) is 11.8. The molecule has 2 heteroatoms. The van der Waals surface area contributed by atoms with Crippen LogP contribution >= 0.6 is 0 Å². The van der Waals surface area contributed by atoms with Gasteiger partial charge in [0.2, 0.25) is 0 Å². The molecule has 0 amide bonds. The number of nitrogens with zero attached hydrogens (tertiary/aromatic N) is 1. The zero-order valence-corrected chi connectivity index (χ0v) is 21.6. The quantitative estimate of drug-likeness (QED) is 0.281. The van der Waals surface area contributed by atoms with Crippen molar-refractivity contribution in [1.82, 2.24) is 0 Å². The lowest BCUT2D eigenvalue weighted by atomic mass is 9.58. The normalized spacial score (nSPS) is 36.0. The highest BCUT2D eigenvalue weighted by molar-refractivity contribution is 5.06. The molecule has 0 atom stereocenters. The Morgan fingerprint density at radius 2 is 1.34 bits per heavy atom. The Bertz CT molecular complexity index is 528. The number of hydrogen-bond acceptors (Lipinski definition) is 2. The van der Waals surface area contributed by atoms with Crippen LogP contribution in [0.25, 0.3) is 0 Å². The SMILES string of the molecule is CCCCCCCC1CCC(C2CCC(C#N)(C3CCC(OCCCC)CC3)CC2)CC1. The summed E-state index contributed by atoms with van der Waals surface area (Å²) in [7, 11) is 0. The van der Waals surface area contributed by atoms with E-state index in [0.717, 1.165) is 24.4 Å². The van der Waals surface area contributed by atoms with E-state index in [1.807, 2.05) is 0 Å². The monoisotopic (exact) mass is 443 g/mol. The van der Waals surface area contributed by atoms with Crippen LogP contribution in [0, 0.1) is 40.4 Å². The fourth-order valence-corrected chi connectivity index (χ4v) is 7.40. The molecular formula is C30H53NO. The summed E-state index contributed by atoms with van der Waals surface area (Å²) in [5.41, 5.74) is -0.0133. The minimum atomic E-state index is -0.0133. The van der Waals surface area contributed by atoms with Crippen LogP contribution in [0.4, 0.5) is 0 Å². The van der Waals surface area contributed by atoms with Gasteiger partial charge in [-0.2, -0.15) is 5.26 Å². The van der Waals surface area contributed by atoms with Gasteiger partial charge in [-0.05, 0) is 94.3 Å². The van der Waals surface area contributed by atoms with Crippen molar-refractivity contribution in [2.24, 2.45) is 29.1 Å². The smallest absolute Gasteiger partial charge is 0.0692 e. The number of ether oxygens (including phenoxy) is 1. The molecule has 0 aliphatic heterocycles. The van der Waals surface area contributed by atoms with Gasteiger partial charge in [0.1, 0.15) is 0 Å². The van der Waals surface area contributed by atoms with Crippen molar-refractivity contribution in [2.75, 3.05) is 6.61 Å². The van der Waals surface area contributed by atoms with Gasteiger partial charge in [0.25, 0.3) is 0 Å². The molecule has 3 saturated carbocycles. The summed E-state index contributed by atoms with van der Waals surface area (Å²) in [4.78, 5) is 0. The third-order valence-corrected chi connectivity index (χ3v) is 9.73. The van der Waals surface area contributed by atoms with Crippen LogP contribution in [-0.4, -0.2) is 12.7 Å². The van der Waals surface area contributed by atoms with Gasteiger partial charge < -0.3 is 4.74 Å². The molecule has 2 nitrogen and oxygen atoms in total. The minimum Gasteiger partial charge on any atom is -0.378 e. The number of hydrogen-bond donors (Lipinski definition) is 0. The summed E-state index contributed by atoms with van der Waals surface area (Å²) in [5, 5.41) is 10.2. The highest BCUT2D eigenvalue weighted by Crippen LogP contribution is 2.52. The highest BCUT2D eigenvalue weighted by atomic mass is 16.5. The molecule has 184 valence electrons. The maximum absolute atomic E-state index is 10.2. The fourth-order valence-electron chi connectivity index (χ4n) is 7.40. The molecule has 0 unspecified atom stereocenters. The van der Waals surface area contributed by atoms with E-state index in [1.54, 1.807) is 0 Å². The van der Waals surface area contributed by atoms with Crippen molar-refractivity contribution in [2.45, 2.75) is 148 Å². The van der Waals surface area contributed by atoms with Crippen LogP contribution < -0.4 is 0 Å². The van der Waals surface area contributed by atoms with Crippen molar-refractivity contribution in [3.05, 3.63) is 0 Å². The molecule has 32 heavy (non-hydrogen) atoms. The lowest BCUT2D eigenvalue weighted by Crippen LogP contribution is -2.38. The van der Waals surface area contributed by atoms with Gasteiger partial charge >= 0.3 is 0 Å². The maximum atomic E-state index is 10.2. The first-order valence-corrected chi connectivity index (χ1v) is 14.7.